The second-order valence-electron chi connectivity index (χ2n) is 13.2. The fourth-order valence-electron chi connectivity index (χ4n) is 8.10. The number of anilines is 3. The first kappa shape index (κ1) is 34.4. The number of hydrogen-bond donors (Lipinski definition) is 5. The summed E-state index contributed by atoms with van der Waals surface area (Å²) in [5.74, 6) is -13.8. The van der Waals surface area contributed by atoms with Crippen molar-refractivity contribution >= 4 is 56.9 Å². The number of aliphatic hydroxyl groups excluding tert-OH is 1. The number of nitrogens with two attached hydrogens (primary N) is 1. The number of Topliss-reactive ketones (excluding diaryl/α,β-unsaturated/α-hetero) is 4. The summed E-state index contributed by atoms with van der Waals surface area (Å²) in [5, 5.41) is 40.4. The van der Waals surface area contributed by atoms with Crippen molar-refractivity contribution < 1.29 is 39.3 Å². The molecule has 2 saturated carbocycles. The van der Waals surface area contributed by atoms with E-state index in [1.54, 1.807) is 19.1 Å². The van der Waals surface area contributed by atoms with Crippen molar-refractivity contribution in [3.63, 3.8) is 0 Å². The van der Waals surface area contributed by atoms with E-state index in [2.05, 4.69) is 29.0 Å². The lowest BCUT2D eigenvalue weighted by atomic mass is 9.49. The van der Waals surface area contributed by atoms with Gasteiger partial charge in [-0.05, 0) is 57.6 Å². The van der Waals surface area contributed by atoms with Gasteiger partial charge in [-0.25, -0.2) is 4.98 Å². The Morgan fingerprint density at radius 2 is 1.69 bits per heavy atom. The molecule has 6 N–H and O–H groups in total. The average Bonchev–Trinajstić information content (AvgIpc) is 3.53. The number of rotatable bonds is 8. The summed E-state index contributed by atoms with van der Waals surface area (Å²) in [7, 11) is 2.90. The Balaban J connectivity index is 1.34. The number of aromatic hydroxyl groups is 1. The second kappa shape index (κ2) is 12.4. The van der Waals surface area contributed by atoms with Crippen LogP contribution in [0.1, 0.15) is 42.6 Å². The van der Waals surface area contributed by atoms with E-state index >= 15 is 0 Å². The van der Waals surface area contributed by atoms with Crippen molar-refractivity contribution in [1.29, 1.82) is 0 Å². The number of nitrogens with one attached hydrogen (secondary N) is 1. The van der Waals surface area contributed by atoms with Crippen molar-refractivity contribution in [3.05, 3.63) is 52.9 Å². The van der Waals surface area contributed by atoms with Crippen LogP contribution < -0.4 is 16.0 Å². The Kier molecular flexibility index (Phi) is 8.72. The van der Waals surface area contributed by atoms with Gasteiger partial charge in [0.2, 0.25) is 5.91 Å². The van der Waals surface area contributed by atoms with Crippen molar-refractivity contribution in [2.75, 3.05) is 37.4 Å². The van der Waals surface area contributed by atoms with Gasteiger partial charge in [-0.2, -0.15) is 0 Å². The smallest absolute Gasteiger partial charge is 0.235 e. The number of benzene rings is 2. The molecule has 1 aromatic heterocycles. The van der Waals surface area contributed by atoms with E-state index in [4.69, 9.17) is 5.73 Å². The number of carbonyl (C=O) groups excluding carboxylic acids is 5. The fourth-order valence-corrected chi connectivity index (χ4v) is 8.83. The summed E-state index contributed by atoms with van der Waals surface area (Å²) < 4.78 is 0. The number of phenolic OH excluding ortho intramolecular Hbond substituents is 1. The molecule has 1 heterocycles. The highest BCUT2D eigenvalue weighted by atomic mass is 32.1. The molecule has 49 heavy (non-hydrogen) atoms. The first-order valence-electron chi connectivity index (χ1n) is 16.1. The molecule has 13 nitrogen and oxygen atoms in total. The van der Waals surface area contributed by atoms with Crippen LogP contribution in [-0.2, 0) is 19.2 Å². The molecule has 14 heteroatoms. The van der Waals surface area contributed by atoms with Gasteiger partial charge >= 0.3 is 0 Å². The first-order chi connectivity index (χ1) is 23.2. The molecular formula is C35H39N5O8S. The Labute approximate surface area is 286 Å². The quantitative estimate of drug-likeness (QED) is 0.171. The van der Waals surface area contributed by atoms with Gasteiger partial charge in [-0.15, -0.1) is 11.3 Å². The van der Waals surface area contributed by atoms with E-state index < -0.39 is 82.1 Å². The molecule has 8 atom stereocenters. The van der Waals surface area contributed by atoms with Gasteiger partial charge < -0.3 is 31.3 Å². The number of primary amides is 1. The number of ketones is 4. The van der Waals surface area contributed by atoms with Crippen LogP contribution in [0.5, 0.6) is 5.75 Å². The lowest BCUT2D eigenvalue weighted by Gasteiger charge is -2.56. The number of aliphatic hydroxyl groups is 2. The van der Waals surface area contributed by atoms with Gasteiger partial charge in [0.25, 0.3) is 0 Å². The van der Waals surface area contributed by atoms with Crippen molar-refractivity contribution in [2.24, 2.45) is 29.4 Å². The molecule has 3 aromatic rings. The number of carbonyl (C=O) groups is 5. The van der Waals surface area contributed by atoms with Crippen molar-refractivity contribution in [2.45, 2.75) is 44.4 Å². The number of phenols is 1. The monoisotopic (exact) mass is 689 g/mol. The minimum Gasteiger partial charge on any atom is -0.505 e. The second-order valence-corrected chi connectivity index (χ2v) is 14.0. The largest absolute Gasteiger partial charge is 0.505 e. The Morgan fingerprint density at radius 3 is 2.29 bits per heavy atom. The summed E-state index contributed by atoms with van der Waals surface area (Å²) >= 11 is 1.29. The summed E-state index contributed by atoms with van der Waals surface area (Å²) in [6.45, 7) is 7.62. The zero-order valence-corrected chi connectivity index (χ0v) is 28.5. The Morgan fingerprint density at radius 1 is 1.04 bits per heavy atom. The van der Waals surface area contributed by atoms with Gasteiger partial charge in [0.15, 0.2) is 39.8 Å². The molecule has 0 radical (unpaired) electrons. The Bertz CT molecular complexity index is 1870. The van der Waals surface area contributed by atoms with E-state index in [9.17, 15) is 39.3 Å². The van der Waals surface area contributed by atoms with Crippen LogP contribution in [-0.4, -0.2) is 99.2 Å². The molecule has 2 fully saturated rings. The normalized spacial score (nSPS) is 29.3. The third-order valence-corrected chi connectivity index (χ3v) is 11.3. The number of likely N-dealkylation sites (N-methyl/N-ethyl adjacent to an activating group) is 1. The van der Waals surface area contributed by atoms with E-state index in [0.717, 1.165) is 24.3 Å². The van der Waals surface area contributed by atoms with Crippen LogP contribution >= 0.6 is 11.3 Å². The zero-order valence-electron chi connectivity index (χ0n) is 27.7. The van der Waals surface area contributed by atoms with Gasteiger partial charge in [0, 0.05) is 35.6 Å². The van der Waals surface area contributed by atoms with Crippen molar-refractivity contribution in [1.82, 2.24) is 9.88 Å². The molecule has 8 unspecified atom stereocenters. The molecule has 6 rings (SSSR count). The van der Waals surface area contributed by atoms with Gasteiger partial charge in [0.1, 0.15) is 5.75 Å². The van der Waals surface area contributed by atoms with Crippen LogP contribution in [0.25, 0.3) is 11.3 Å². The number of nitrogens with zero attached hydrogens (tertiary/aromatic N) is 3. The van der Waals surface area contributed by atoms with E-state index in [1.807, 2.05) is 29.6 Å². The molecule has 1 amide bonds. The van der Waals surface area contributed by atoms with Crippen LogP contribution in [0.2, 0.25) is 0 Å². The van der Waals surface area contributed by atoms with Crippen LogP contribution in [0.4, 0.5) is 16.5 Å². The lowest BCUT2D eigenvalue weighted by Crippen LogP contribution is -2.77. The third kappa shape index (κ3) is 5.07. The Hall–Kier alpha value is -4.50. The maximum atomic E-state index is 14.2. The molecule has 0 saturated heterocycles. The highest BCUT2D eigenvalue weighted by Crippen LogP contribution is 2.55. The number of fused-ring (bicyclic) bond motifs is 3. The average molecular weight is 690 g/mol. The predicted octanol–water partition coefficient (Wildman–Crippen LogP) is 2.11. The third-order valence-electron chi connectivity index (χ3n) is 10.5. The van der Waals surface area contributed by atoms with E-state index in [-0.39, 0.29) is 11.3 Å². The SMILES string of the molecule is CCN(CC)c1ccc(-c2csc(Nc3ccc4c(c3O)C(=O)C3C(=O)C5(O)C(=O)C(C(N)=O)C(=O)C(N(C)C)C5C(O)C3C4C)n2)cc1. The van der Waals surface area contributed by atoms with Crippen LogP contribution in [0.15, 0.2) is 41.8 Å². The highest BCUT2D eigenvalue weighted by Gasteiger charge is 2.72. The van der Waals surface area contributed by atoms with Crippen molar-refractivity contribution in [3.8, 4) is 17.0 Å². The van der Waals surface area contributed by atoms with Crippen LogP contribution in [0, 0.1) is 23.7 Å². The van der Waals surface area contributed by atoms with Gasteiger partial charge in [0.05, 0.1) is 40.9 Å². The standard InChI is InChI=1S/C35H39N5O8S/c1-6-40(7-2)17-10-8-16(9-11-17)20-14-49-34(38-20)37-19-13-12-18-15(3)21-23(28(42)22(18)27(19)41)31(45)35(48)25(29(21)43)26(39(4)5)30(44)24(32(35)46)33(36)47/h8-15,21,23-26,29,41,43,48H,6-7H2,1-5H3,(H2,36,47)(H,37,38). The molecular weight excluding hydrogens is 650 g/mol. The van der Waals surface area contributed by atoms with Crippen LogP contribution in [0.3, 0.4) is 0 Å². The summed E-state index contributed by atoms with van der Waals surface area (Å²) in [4.78, 5) is 75.7. The zero-order chi connectivity index (χ0) is 35.7. The fraction of sp³-hybridized carbons (Fsp3) is 0.429. The molecule has 0 bridgehead atoms. The van der Waals surface area contributed by atoms with Gasteiger partial charge in [-0.3, -0.25) is 28.9 Å². The molecule has 3 aliphatic carbocycles. The maximum absolute atomic E-state index is 14.2. The summed E-state index contributed by atoms with van der Waals surface area (Å²) in [6, 6.07) is 9.77. The maximum Gasteiger partial charge on any atom is 0.235 e. The summed E-state index contributed by atoms with van der Waals surface area (Å²) in [6.07, 6.45) is -1.69. The van der Waals surface area contributed by atoms with E-state index in [0.29, 0.717) is 16.4 Å². The molecule has 0 aliphatic heterocycles. The predicted molar refractivity (Wildman–Crippen MR) is 182 cm³/mol. The topological polar surface area (TPSA) is 203 Å². The number of hydrogen-bond acceptors (Lipinski definition) is 13. The lowest BCUT2D eigenvalue weighted by molar-refractivity contribution is -0.196. The summed E-state index contributed by atoms with van der Waals surface area (Å²) in [5.41, 5.74) is 5.31. The van der Waals surface area contributed by atoms with E-state index in [1.165, 1.54) is 30.3 Å². The first-order valence-corrected chi connectivity index (χ1v) is 17.0. The molecule has 2 aromatic carbocycles. The number of amides is 1. The highest BCUT2D eigenvalue weighted by molar-refractivity contribution is 7.14. The minimum atomic E-state index is -3.05. The molecule has 0 spiro atoms. The number of aromatic nitrogens is 1. The van der Waals surface area contributed by atoms with Gasteiger partial charge in [-0.1, -0.05) is 25.1 Å². The minimum absolute atomic E-state index is 0.136. The number of thiazole rings is 1. The molecule has 258 valence electrons. The molecule has 3 aliphatic rings.